The highest BCUT2D eigenvalue weighted by Crippen LogP contribution is 2.40. The molecular formula is C15H22N2O2. The highest BCUT2D eigenvalue weighted by molar-refractivity contribution is 6.03. The van der Waals surface area contributed by atoms with E-state index in [9.17, 15) is 4.79 Å². The number of nitrogens with two attached hydrogens (primary N) is 1. The number of hydrogen-bond donors (Lipinski definition) is 1. The third kappa shape index (κ3) is 2.53. The Morgan fingerprint density at radius 2 is 2.16 bits per heavy atom. The van der Waals surface area contributed by atoms with Crippen LogP contribution >= 0.6 is 0 Å². The van der Waals surface area contributed by atoms with Gasteiger partial charge in [-0.25, -0.2) is 0 Å². The van der Waals surface area contributed by atoms with Crippen LogP contribution in [0.4, 0.5) is 11.4 Å². The molecular weight excluding hydrogens is 240 g/mol. The fourth-order valence-corrected chi connectivity index (χ4v) is 2.33. The molecule has 1 aliphatic rings. The van der Waals surface area contributed by atoms with Crippen LogP contribution in [0.2, 0.25) is 0 Å². The third-order valence-electron chi connectivity index (χ3n) is 3.40. The molecule has 1 unspecified atom stereocenters. The topological polar surface area (TPSA) is 55.6 Å². The molecule has 1 amide bonds. The monoisotopic (exact) mass is 262 g/mol. The summed E-state index contributed by atoms with van der Waals surface area (Å²) in [5.74, 6) is 0.884. The molecule has 1 atom stereocenters. The van der Waals surface area contributed by atoms with E-state index in [2.05, 4.69) is 6.92 Å². The number of amides is 1. The van der Waals surface area contributed by atoms with Gasteiger partial charge in [0, 0.05) is 6.54 Å². The number of nitrogen functional groups attached to an aromatic ring is 1. The highest BCUT2D eigenvalue weighted by Gasteiger charge is 2.36. The maximum absolute atomic E-state index is 12.5. The Labute approximate surface area is 114 Å². The zero-order valence-corrected chi connectivity index (χ0v) is 11.8. The van der Waals surface area contributed by atoms with E-state index < -0.39 is 6.10 Å². The van der Waals surface area contributed by atoms with E-state index in [1.807, 2.05) is 32.0 Å². The zero-order chi connectivity index (χ0) is 14.0. The van der Waals surface area contributed by atoms with E-state index in [0.29, 0.717) is 12.2 Å². The molecule has 104 valence electrons. The number of para-hydroxylation sites is 1. The van der Waals surface area contributed by atoms with Gasteiger partial charge in [0.2, 0.25) is 0 Å². The second-order valence-corrected chi connectivity index (χ2v) is 5.32. The quantitative estimate of drug-likeness (QED) is 0.849. The summed E-state index contributed by atoms with van der Waals surface area (Å²) in [6, 6.07) is 5.55. The normalized spacial score (nSPS) is 18.4. The Kier molecular flexibility index (Phi) is 3.98. The Morgan fingerprint density at radius 1 is 1.42 bits per heavy atom. The molecule has 0 spiro atoms. The second-order valence-electron chi connectivity index (χ2n) is 5.32. The lowest BCUT2D eigenvalue weighted by Crippen LogP contribution is -2.48. The van der Waals surface area contributed by atoms with Gasteiger partial charge in [0.05, 0.1) is 5.69 Å². The van der Waals surface area contributed by atoms with Crippen LogP contribution in [0.5, 0.6) is 5.75 Å². The van der Waals surface area contributed by atoms with Crippen molar-refractivity contribution in [1.82, 2.24) is 0 Å². The summed E-state index contributed by atoms with van der Waals surface area (Å²) in [5.41, 5.74) is 7.35. The first kappa shape index (κ1) is 13.7. The molecule has 0 saturated heterocycles. The average Bonchev–Trinajstić information content (AvgIpc) is 2.37. The van der Waals surface area contributed by atoms with Crippen molar-refractivity contribution < 1.29 is 9.53 Å². The van der Waals surface area contributed by atoms with Crippen LogP contribution in [0.1, 0.15) is 33.6 Å². The molecule has 1 aliphatic heterocycles. The summed E-state index contributed by atoms with van der Waals surface area (Å²) in [6.07, 6.45) is 1.59. The molecule has 4 heteroatoms. The first-order valence-corrected chi connectivity index (χ1v) is 6.92. The molecule has 1 aromatic carbocycles. The minimum atomic E-state index is -0.411. The lowest BCUT2D eigenvalue weighted by molar-refractivity contribution is -0.128. The predicted molar refractivity (Wildman–Crippen MR) is 77.4 cm³/mol. The van der Waals surface area contributed by atoms with Crippen molar-refractivity contribution in [3.63, 3.8) is 0 Å². The summed E-state index contributed by atoms with van der Waals surface area (Å²) in [7, 11) is 0. The largest absolute Gasteiger partial charge is 0.478 e. The van der Waals surface area contributed by atoms with E-state index >= 15 is 0 Å². The Bertz CT molecular complexity index is 471. The number of rotatable bonds is 4. The maximum Gasteiger partial charge on any atom is 0.268 e. The van der Waals surface area contributed by atoms with Crippen LogP contribution in [0.25, 0.3) is 0 Å². The SMILES string of the molecule is CCCCN1C(=O)C(C(C)C)Oc2cccc(N)c21. The number of nitrogens with zero attached hydrogens (tertiary/aromatic N) is 1. The number of anilines is 2. The van der Waals surface area contributed by atoms with Crippen LogP contribution in [0.15, 0.2) is 18.2 Å². The van der Waals surface area contributed by atoms with E-state index in [1.54, 1.807) is 4.90 Å². The van der Waals surface area contributed by atoms with Gasteiger partial charge < -0.3 is 15.4 Å². The lowest BCUT2D eigenvalue weighted by atomic mass is 10.0. The van der Waals surface area contributed by atoms with Gasteiger partial charge in [-0.15, -0.1) is 0 Å². The Morgan fingerprint density at radius 3 is 2.79 bits per heavy atom. The van der Waals surface area contributed by atoms with E-state index in [4.69, 9.17) is 10.5 Å². The molecule has 2 rings (SSSR count). The molecule has 2 N–H and O–H groups in total. The summed E-state index contributed by atoms with van der Waals surface area (Å²) in [6.45, 7) is 6.80. The molecule has 0 bridgehead atoms. The lowest BCUT2D eigenvalue weighted by Gasteiger charge is -2.36. The molecule has 0 saturated carbocycles. The minimum Gasteiger partial charge on any atom is -0.478 e. The summed E-state index contributed by atoms with van der Waals surface area (Å²) < 4.78 is 5.83. The fraction of sp³-hybridized carbons (Fsp3) is 0.533. The molecule has 0 aliphatic carbocycles. The first-order chi connectivity index (χ1) is 9.06. The fourth-order valence-electron chi connectivity index (χ4n) is 2.33. The molecule has 1 aromatic rings. The van der Waals surface area contributed by atoms with Crippen LogP contribution < -0.4 is 15.4 Å². The van der Waals surface area contributed by atoms with Gasteiger partial charge in [-0.3, -0.25) is 4.79 Å². The number of fused-ring (bicyclic) bond motifs is 1. The summed E-state index contributed by atoms with van der Waals surface area (Å²) in [5, 5.41) is 0. The number of ether oxygens (including phenoxy) is 1. The molecule has 1 heterocycles. The molecule has 0 aromatic heterocycles. The van der Waals surface area contributed by atoms with Gasteiger partial charge in [-0.05, 0) is 24.5 Å². The molecule has 0 fully saturated rings. The third-order valence-corrected chi connectivity index (χ3v) is 3.40. The number of carbonyl (C=O) groups is 1. The molecule has 19 heavy (non-hydrogen) atoms. The van der Waals surface area contributed by atoms with Crippen molar-refractivity contribution in [2.24, 2.45) is 5.92 Å². The summed E-state index contributed by atoms with van der Waals surface area (Å²) in [4.78, 5) is 14.3. The van der Waals surface area contributed by atoms with Gasteiger partial charge in [0.15, 0.2) is 6.10 Å². The van der Waals surface area contributed by atoms with E-state index in [-0.39, 0.29) is 11.8 Å². The molecule has 0 radical (unpaired) electrons. The smallest absolute Gasteiger partial charge is 0.268 e. The van der Waals surface area contributed by atoms with Crippen molar-refractivity contribution in [2.75, 3.05) is 17.2 Å². The highest BCUT2D eigenvalue weighted by atomic mass is 16.5. The van der Waals surface area contributed by atoms with E-state index in [1.165, 1.54) is 0 Å². The maximum atomic E-state index is 12.5. The van der Waals surface area contributed by atoms with Gasteiger partial charge >= 0.3 is 0 Å². The number of unbranched alkanes of at least 4 members (excludes halogenated alkanes) is 1. The minimum absolute atomic E-state index is 0.0221. The molecule has 4 nitrogen and oxygen atoms in total. The van der Waals surface area contributed by atoms with Crippen molar-refractivity contribution in [2.45, 2.75) is 39.7 Å². The number of benzene rings is 1. The van der Waals surface area contributed by atoms with Crippen LogP contribution in [-0.4, -0.2) is 18.6 Å². The Hall–Kier alpha value is -1.71. The predicted octanol–water partition coefficient (Wildman–Crippen LogP) is 2.82. The first-order valence-electron chi connectivity index (χ1n) is 6.92. The van der Waals surface area contributed by atoms with Crippen molar-refractivity contribution >= 4 is 17.3 Å². The van der Waals surface area contributed by atoms with Gasteiger partial charge in [0.25, 0.3) is 5.91 Å². The zero-order valence-electron chi connectivity index (χ0n) is 11.8. The van der Waals surface area contributed by atoms with Crippen molar-refractivity contribution in [3.05, 3.63) is 18.2 Å². The van der Waals surface area contributed by atoms with E-state index in [0.717, 1.165) is 24.3 Å². The number of carbonyl (C=O) groups excluding carboxylic acids is 1. The average molecular weight is 262 g/mol. The van der Waals surface area contributed by atoms with Crippen LogP contribution in [0, 0.1) is 5.92 Å². The van der Waals surface area contributed by atoms with Crippen LogP contribution in [-0.2, 0) is 4.79 Å². The van der Waals surface area contributed by atoms with Crippen molar-refractivity contribution in [1.29, 1.82) is 0 Å². The Balaban J connectivity index is 2.41. The van der Waals surface area contributed by atoms with Crippen LogP contribution in [0.3, 0.4) is 0 Å². The van der Waals surface area contributed by atoms with Gasteiger partial charge in [0.1, 0.15) is 11.4 Å². The second kappa shape index (κ2) is 5.51. The van der Waals surface area contributed by atoms with Gasteiger partial charge in [-0.2, -0.15) is 0 Å². The standard InChI is InChI=1S/C15H22N2O2/c1-4-5-9-17-13-11(16)7-6-8-12(13)19-14(10(2)3)15(17)18/h6-8,10,14H,4-5,9,16H2,1-3H3. The summed E-state index contributed by atoms with van der Waals surface area (Å²) >= 11 is 0. The number of hydrogen-bond acceptors (Lipinski definition) is 3. The van der Waals surface area contributed by atoms with Gasteiger partial charge in [-0.1, -0.05) is 33.3 Å². The van der Waals surface area contributed by atoms with Crippen molar-refractivity contribution in [3.8, 4) is 5.75 Å².